The number of fused-ring (bicyclic) bond motifs is 1. The summed E-state index contributed by atoms with van der Waals surface area (Å²) in [6.45, 7) is 5.26. The monoisotopic (exact) mass is 370 g/mol. The van der Waals surface area contributed by atoms with Gasteiger partial charge in [-0.15, -0.1) is 0 Å². The van der Waals surface area contributed by atoms with Gasteiger partial charge in [0.2, 0.25) is 0 Å². The fourth-order valence-corrected chi connectivity index (χ4v) is 2.59. The number of carbonyl (C=O) groups excluding carboxylic acids is 2. The van der Waals surface area contributed by atoms with Crippen LogP contribution in [0.25, 0.3) is 0 Å². The van der Waals surface area contributed by atoms with Crippen LogP contribution in [0.5, 0.6) is 11.5 Å². The molecule has 1 aliphatic heterocycles. The number of hydrogen-bond acceptors (Lipinski definition) is 6. The Kier molecular flexibility index (Phi) is 5.03. The second-order valence-corrected chi connectivity index (χ2v) is 7.13. The fraction of sp³-hybridized carbons (Fsp3) is 0.300. The first-order valence-corrected chi connectivity index (χ1v) is 8.44. The van der Waals surface area contributed by atoms with Crippen molar-refractivity contribution in [3.8, 4) is 11.5 Å². The van der Waals surface area contributed by atoms with Gasteiger partial charge in [-0.25, -0.2) is 14.4 Å². The Balaban J connectivity index is 1.77. The molecule has 2 aromatic rings. The maximum atomic E-state index is 14.4. The minimum absolute atomic E-state index is 0.126. The Bertz CT molecular complexity index is 932. The highest BCUT2D eigenvalue weighted by atomic mass is 19.1. The molecule has 0 aliphatic carbocycles. The lowest BCUT2D eigenvalue weighted by Crippen LogP contribution is -2.25. The Morgan fingerprint density at radius 2 is 2.04 bits per heavy atom. The number of carbonyl (C=O) groups is 2. The van der Waals surface area contributed by atoms with Crippen molar-refractivity contribution >= 4 is 23.8 Å². The number of benzene rings is 1. The lowest BCUT2D eigenvalue weighted by Gasteiger charge is -2.19. The summed E-state index contributed by atoms with van der Waals surface area (Å²) in [6.07, 6.45) is 2.69. The first kappa shape index (κ1) is 18.7. The summed E-state index contributed by atoms with van der Waals surface area (Å²) in [6, 6.07) is 5.83. The van der Waals surface area contributed by atoms with Crippen LogP contribution in [0.3, 0.4) is 0 Å². The van der Waals surface area contributed by atoms with Crippen LogP contribution in [0.1, 0.15) is 31.9 Å². The van der Waals surface area contributed by atoms with Gasteiger partial charge in [0.25, 0.3) is 0 Å². The maximum Gasteiger partial charge on any atom is 0.310 e. The third-order valence-electron chi connectivity index (χ3n) is 3.68. The number of esters is 1. The molecule has 0 N–H and O–H groups in total. The quantitative estimate of drug-likeness (QED) is 0.767. The highest BCUT2D eigenvalue weighted by Crippen LogP contribution is 2.33. The minimum atomic E-state index is -0.628. The van der Waals surface area contributed by atoms with Gasteiger partial charge < -0.3 is 9.47 Å². The highest BCUT2D eigenvalue weighted by molar-refractivity contribution is 6.29. The maximum absolute atomic E-state index is 14.4. The van der Waals surface area contributed by atoms with Gasteiger partial charge >= 0.3 is 5.97 Å². The van der Waals surface area contributed by atoms with E-state index in [-0.39, 0.29) is 29.9 Å². The van der Waals surface area contributed by atoms with E-state index in [0.717, 1.165) is 0 Å². The summed E-state index contributed by atoms with van der Waals surface area (Å²) < 4.78 is 25.3. The Morgan fingerprint density at radius 1 is 1.26 bits per heavy atom. The molecule has 0 spiro atoms. The van der Waals surface area contributed by atoms with Crippen LogP contribution in [0, 0.1) is 5.82 Å². The number of ketones is 1. The molecule has 140 valence electrons. The molecule has 0 atom stereocenters. The number of hydrogen-bond donors (Lipinski definition) is 0. The molecule has 3 rings (SSSR count). The van der Waals surface area contributed by atoms with E-state index < -0.39 is 17.4 Å². The molecule has 0 bridgehead atoms. The number of aromatic nitrogens is 1. The molecule has 0 radical (unpaired) electrons. The summed E-state index contributed by atoms with van der Waals surface area (Å²) >= 11 is 0. The normalized spacial score (nSPS) is 13.3. The SMILES string of the molecule is CC(C)(C)OC(=O)Cc1ccc(Oc2ccnc3c2CC(=O)C=N3)cc1F. The van der Waals surface area contributed by atoms with Crippen LogP contribution in [0.2, 0.25) is 0 Å². The van der Waals surface area contributed by atoms with Gasteiger partial charge in [0.05, 0.1) is 12.6 Å². The van der Waals surface area contributed by atoms with Gasteiger partial charge in [0, 0.05) is 24.2 Å². The zero-order chi connectivity index (χ0) is 19.6. The van der Waals surface area contributed by atoms with E-state index in [2.05, 4.69) is 9.98 Å². The molecule has 0 saturated heterocycles. The van der Waals surface area contributed by atoms with Crippen molar-refractivity contribution in [2.75, 3.05) is 0 Å². The van der Waals surface area contributed by atoms with E-state index in [1.807, 2.05) is 0 Å². The van der Waals surface area contributed by atoms with Crippen LogP contribution in [0.15, 0.2) is 35.5 Å². The van der Waals surface area contributed by atoms with E-state index in [4.69, 9.17) is 9.47 Å². The van der Waals surface area contributed by atoms with Crippen molar-refractivity contribution in [1.29, 1.82) is 0 Å². The molecule has 0 unspecified atom stereocenters. The molecule has 1 aliphatic rings. The zero-order valence-corrected chi connectivity index (χ0v) is 15.3. The topological polar surface area (TPSA) is 77.9 Å². The van der Waals surface area contributed by atoms with Crippen molar-refractivity contribution in [3.63, 3.8) is 0 Å². The summed E-state index contributed by atoms with van der Waals surface area (Å²) in [5.41, 5.74) is 0.146. The zero-order valence-electron chi connectivity index (χ0n) is 15.3. The number of nitrogens with zero attached hydrogens (tertiary/aromatic N) is 2. The molecule has 1 aromatic carbocycles. The van der Waals surface area contributed by atoms with Gasteiger partial charge in [0.15, 0.2) is 11.6 Å². The van der Waals surface area contributed by atoms with Crippen molar-refractivity contribution in [1.82, 2.24) is 4.98 Å². The number of Topliss-reactive ketones (excluding diaryl/α,β-unsaturated/α-hetero) is 1. The van der Waals surface area contributed by atoms with E-state index >= 15 is 0 Å². The van der Waals surface area contributed by atoms with Gasteiger partial charge in [-0.3, -0.25) is 9.59 Å². The highest BCUT2D eigenvalue weighted by Gasteiger charge is 2.20. The lowest BCUT2D eigenvalue weighted by molar-refractivity contribution is -0.154. The third kappa shape index (κ3) is 4.75. The molecule has 6 nitrogen and oxygen atoms in total. The standard InChI is InChI=1S/C20H19FN2O4/c1-20(2,3)27-18(25)8-12-4-5-14(10-16(12)21)26-17-6-7-22-19-15(17)9-13(24)11-23-19/h4-7,10-11H,8-9H2,1-3H3. The van der Waals surface area contributed by atoms with Gasteiger partial charge in [-0.05, 0) is 38.5 Å². The van der Waals surface area contributed by atoms with Crippen molar-refractivity contribution in [2.24, 2.45) is 4.99 Å². The molecule has 1 aromatic heterocycles. The van der Waals surface area contributed by atoms with E-state index in [0.29, 0.717) is 17.1 Å². The average molecular weight is 370 g/mol. The van der Waals surface area contributed by atoms with Crippen LogP contribution < -0.4 is 4.74 Å². The molecule has 0 fully saturated rings. The molecule has 7 heteroatoms. The second kappa shape index (κ2) is 7.26. The molecule has 0 amide bonds. The van der Waals surface area contributed by atoms with Gasteiger partial charge in [0.1, 0.15) is 22.9 Å². The number of ether oxygens (including phenoxy) is 2. The van der Waals surface area contributed by atoms with Crippen molar-refractivity contribution in [3.05, 3.63) is 47.4 Å². The lowest BCUT2D eigenvalue weighted by atomic mass is 10.1. The fourth-order valence-electron chi connectivity index (χ4n) is 2.59. The Morgan fingerprint density at radius 3 is 2.74 bits per heavy atom. The number of pyridine rings is 1. The molecule has 27 heavy (non-hydrogen) atoms. The van der Waals surface area contributed by atoms with Crippen LogP contribution in [0.4, 0.5) is 10.2 Å². The summed E-state index contributed by atoms with van der Waals surface area (Å²) in [5.74, 6) is -0.182. The number of aliphatic imine (C=N–C) groups is 1. The van der Waals surface area contributed by atoms with Crippen LogP contribution >= 0.6 is 0 Å². The van der Waals surface area contributed by atoms with Crippen molar-refractivity contribution in [2.45, 2.75) is 39.2 Å². The summed E-state index contributed by atoms with van der Waals surface area (Å²) in [7, 11) is 0. The number of rotatable bonds is 4. The molecule has 2 heterocycles. The summed E-state index contributed by atoms with van der Waals surface area (Å²) in [4.78, 5) is 31.5. The Hall–Kier alpha value is -3.09. The van der Waals surface area contributed by atoms with Crippen LogP contribution in [-0.4, -0.2) is 28.6 Å². The predicted octanol–water partition coefficient (Wildman–Crippen LogP) is 3.72. The number of halogens is 1. The minimum Gasteiger partial charge on any atom is -0.460 e. The Labute approximate surface area is 156 Å². The van der Waals surface area contributed by atoms with E-state index in [1.165, 1.54) is 24.5 Å². The predicted molar refractivity (Wildman–Crippen MR) is 97.1 cm³/mol. The first-order chi connectivity index (χ1) is 12.7. The summed E-state index contributed by atoms with van der Waals surface area (Å²) in [5, 5.41) is 0. The van der Waals surface area contributed by atoms with Crippen LogP contribution in [-0.2, 0) is 27.2 Å². The van der Waals surface area contributed by atoms with Crippen molar-refractivity contribution < 1.29 is 23.5 Å². The molecular weight excluding hydrogens is 351 g/mol. The van der Waals surface area contributed by atoms with E-state index in [1.54, 1.807) is 32.9 Å². The third-order valence-corrected chi connectivity index (χ3v) is 3.68. The average Bonchev–Trinajstić information content (AvgIpc) is 2.56. The molecule has 0 saturated carbocycles. The van der Waals surface area contributed by atoms with Gasteiger partial charge in [-0.1, -0.05) is 6.07 Å². The largest absolute Gasteiger partial charge is 0.460 e. The second-order valence-electron chi connectivity index (χ2n) is 7.13. The first-order valence-electron chi connectivity index (χ1n) is 8.44. The molecular formula is C20H19FN2O4. The smallest absolute Gasteiger partial charge is 0.310 e. The van der Waals surface area contributed by atoms with Gasteiger partial charge in [-0.2, -0.15) is 0 Å². The van der Waals surface area contributed by atoms with E-state index in [9.17, 15) is 14.0 Å².